The first-order chi connectivity index (χ1) is 31.2. The predicted octanol–water partition coefficient (Wildman–Crippen LogP) is 14.9. The van der Waals surface area contributed by atoms with Gasteiger partial charge in [-0.25, -0.2) is 0 Å². The lowest BCUT2D eigenvalue weighted by Gasteiger charge is -2.12. The summed E-state index contributed by atoms with van der Waals surface area (Å²) in [6, 6.07) is 58.7. The van der Waals surface area contributed by atoms with Crippen LogP contribution in [0.1, 0.15) is 37.8 Å². The number of para-hydroxylation sites is 2. The lowest BCUT2D eigenvalue weighted by molar-refractivity contribution is 0.995. The molecule has 5 heteroatoms. The molecule has 0 N–H and O–H groups in total. The lowest BCUT2D eigenvalue weighted by atomic mass is 9.98. The van der Waals surface area contributed by atoms with Crippen LogP contribution in [-0.4, -0.2) is 33.1 Å². The van der Waals surface area contributed by atoms with Gasteiger partial charge in [0.05, 0.1) is 45.7 Å². The molecule has 10 aromatic rings. The molecule has 0 aliphatic heterocycles. The molecule has 0 spiro atoms. The number of fused-ring (bicyclic) bond motifs is 7. The summed E-state index contributed by atoms with van der Waals surface area (Å²) < 4.78 is 4.79. The van der Waals surface area contributed by atoms with E-state index in [4.69, 9.17) is 4.99 Å². The fourth-order valence-corrected chi connectivity index (χ4v) is 9.16. The van der Waals surface area contributed by atoms with Gasteiger partial charge >= 0.3 is 0 Å². The van der Waals surface area contributed by atoms with Crippen molar-refractivity contribution in [1.82, 2.24) is 14.1 Å². The highest BCUT2D eigenvalue weighted by Gasteiger charge is 2.19. The summed E-state index contributed by atoms with van der Waals surface area (Å²) in [5.41, 5.74) is 14.2. The zero-order valence-electron chi connectivity index (χ0n) is 35.6. The van der Waals surface area contributed by atoms with Crippen molar-refractivity contribution in [2.24, 2.45) is 9.98 Å². The number of nitrogens with zero attached hydrogens (tertiary/aromatic N) is 5. The Morgan fingerprint density at radius 3 is 2.16 bits per heavy atom. The number of aliphatic imine (C=N–C) groups is 2. The largest absolute Gasteiger partial charge is 0.309 e. The normalized spacial score (nSPS) is 13.1. The monoisotopic (exact) mass is 813 g/mol. The Morgan fingerprint density at radius 2 is 1.37 bits per heavy atom. The molecule has 0 amide bonds. The van der Waals surface area contributed by atoms with Crippen molar-refractivity contribution in [3.8, 4) is 22.5 Å². The maximum absolute atomic E-state index is 5.16. The number of hydrogen-bond acceptors (Lipinski definition) is 3. The van der Waals surface area contributed by atoms with Crippen LogP contribution in [0.4, 0.5) is 0 Å². The number of pyridine rings is 1. The van der Waals surface area contributed by atoms with Gasteiger partial charge in [-0.05, 0) is 102 Å². The smallest absolute Gasteiger partial charge is 0.0716 e. The van der Waals surface area contributed by atoms with Gasteiger partial charge in [0, 0.05) is 56.0 Å². The minimum atomic E-state index is 0.603. The highest BCUT2D eigenvalue weighted by molar-refractivity contribution is 6.18. The summed E-state index contributed by atoms with van der Waals surface area (Å²) in [5, 5.41) is 7.19. The summed E-state index contributed by atoms with van der Waals surface area (Å²) in [6.45, 7) is 8.52. The van der Waals surface area contributed by atoms with Crippen LogP contribution in [-0.2, 0) is 0 Å². The third kappa shape index (κ3) is 7.17. The molecule has 0 bridgehead atoms. The van der Waals surface area contributed by atoms with Crippen molar-refractivity contribution in [1.29, 1.82) is 0 Å². The topological polar surface area (TPSA) is 47.5 Å². The average molecular weight is 814 g/mol. The summed E-state index contributed by atoms with van der Waals surface area (Å²) in [6.07, 6.45) is 14.7. The molecule has 0 radical (unpaired) electrons. The molecule has 0 unspecified atom stereocenters. The fraction of sp³-hybridized carbons (Fsp3) is 0.0862. The van der Waals surface area contributed by atoms with Gasteiger partial charge in [-0.1, -0.05) is 141 Å². The number of rotatable bonds is 9. The minimum absolute atomic E-state index is 0.603. The molecule has 0 saturated heterocycles. The molecule has 11 rings (SSSR count). The molecular weight excluding hydrogens is 767 g/mol. The van der Waals surface area contributed by atoms with Crippen molar-refractivity contribution < 1.29 is 0 Å². The van der Waals surface area contributed by atoms with Crippen LogP contribution >= 0.6 is 0 Å². The molecule has 7 aromatic carbocycles. The maximum Gasteiger partial charge on any atom is 0.0716 e. The van der Waals surface area contributed by atoms with Gasteiger partial charge in [0.15, 0.2) is 0 Å². The molecule has 0 saturated carbocycles. The Hall–Kier alpha value is -7.89. The Bertz CT molecular complexity index is 3440. The third-order valence-corrected chi connectivity index (χ3v) is 12.0. The van der Waals surface area contributed by atoms with Gasteiger partial charge in [-0.15, -0.1) is 0 Å². The highest BCUT2D eigenvalue weighted by Crippen LogP contribution is 2.41. The van der Waals surface area contributed by atoms with E-state index in [-0.39, 0.29) is 0 Å². The number of benzene rings is 7. The zero-order chi connectivity index (χ0) is 42.7. The van der Waals surface area contributed by atoms with Gasteiger partial charge in [0.1, 0.15) is 0 Å². The summed E-state index contributed by atoms with van der Waals surface area (Å²) in [7, 11) is 0. The zero-order valence-corrected chi connectivity index (χ0v) is 35.6. The molecule has 63 heavy (non-hydrogen) atoms. The van der Waals surface area contributed by atoms with Crippen LogP contribution in [0.15, 0.2) is 216 Å². The molecule has 1 aliphatic carbocycles. The first kappa shape index (κ1) is 39.3. The fourth-order valence-electron chi connectivity index (χ4n) is 9.16. The highest BCUT2D eigenvalue weighted by atomic mass is 15.0. The van der Waals surface area contributed by atoms with E-state index in [1.807, 2.05) is 44.4 Å². The van der Waals surface area contributed by atoms with E-state index in [0.29, 0.717) is 6.54 Å². The molecular formula is C58H47N5. The summed E-state index contributed by atoms with van der Waals surface area (Å²) >= 11 is 0. The number of allylic oxidation sites excluding steroid dienone is 3. The van der Waals surface area contributed by atoms with Gasteiger partial charge in [-0.3, -0.25) is 15.0 Å². The van der Waals surface area contributed by atoms with Crippen LogP contribution in [0.2, 0.25) is 0 Å². The van der Waals surface area contributed by atoms with E-state index in [1.54, 1.807) is 0 Å². The van der Waals surface area contributed by atoms with Crippen molar-refractivity contribution in [2.75, 3.05) is 6.54 Å². The van der Waals surface area contributed by atoms with Crippen LogP contribution in [0.5, 0.6) is 0 Å². The van der Waals surface area contributed by atoms with E-state index < -0.39 is 0 Å². The van der Waals surface area contributed by atoms with Gasteiger partial charge in [0.2, 0.25) is 0 Å². The van der Waals surface area contributed by atoms with Crippen LogP contribution < -0.4 is 0 Å². The van der Waals surface area contributed by atoms with Crippen molar-refractivity contribution in [2.45, 2.75) is 26.7 Å². The Balaban J connectivity index is 0.00000232. The van der Waals surface area contributed by atoms with Crippen LogP contribution in [0, 0.1) is 0 Å². The molecule has 5 nitrogen and oxygen atoms in total. The Labute approximate surface area is 368 Å². The SMILES string of the molecule is C=N/C(=C\C(=NCC1=CCCC=C1)c1ccc(-n2c3ccccc3c3c(-c4ccc5c(c4)c4ccccc4n5-c4cccc5cnccc45)cccc32)cc1)c1ccccc1.CC. The average Bonchev–Trinajstić information content (AvgIpc) is 3.88. The second kappa shape index (κ2) is 17.2. The number of aromatic nitrogens is 3. The van der Waals surface area contributed by atoms with E-state index in [1.165, 1.54) is 54.7 Å². The van der Waals surface area contributed by atoms with Crippen molar-refractivity contribution >= 4 is 72.5 Å². The van der Waals surface area contributed by atoms with Gasteiger partial charge in [-0.2, -0.15) is 0 Å². The third-order valence-electron chi connectivity index (χ3n) is 12.0. The summed E-state index contributed by atoms with van der Waals surface area (Å²) in [4.78, 5) is 14.0. The first-order valence-corrected chi connectivity index (χ1v) is 21.9. The Kier molecular flexibility index (Phi) is 10.7. The molecule has 3 aromatic heterocycles. The predicted molar refractivity (Wildman–Crippen MR) is 269 cm³/mol. The quantitative estimate of drug-likeness (QED) is 0.134. The van der Waals surface area contributed by atoms with E-state index in [2.05, 4.69) is 196 Å². The lowest BCUT2D eigenvalue weighted by Crippen LogP contribution is -2.03. The molecule has 304 valence electrons. The first-order valence-electron chi connectivity index (χ1n) is 21.9. The minimum Gasteiger partial charge on any atom is -0.309 e. The van der Waals surface area contributed by atoms with Gasteiger partial charge < -0.3 is 9.13 Å². The van der Waals surface area contributed by atoms with Crippen LogP contribution in [0.3, 0.4) is 0 Å². The van der Waals surface area contributed by atoms with Crippen LogP contribution in [0.25, 0.3) is 82.6 Å². The van der Waals surface area contributed by atoms with Crippen molar-refractivity contribution in [3.63, 3.8) is 0 Å². The van der Waals surface area contributed by atoms with Gasteiger partial charge in [0.25, 0.3) is 0 Å². The van der Waals surface area contributed by atoms with E-state index in [9.17, 15) is 0 Å². The van der Waals surface area contributed by atoms with E-state index in [0.717, 1.165) is 63.2 Å². The second-order valence-corrected chi connectivity index (χ2v) is 15.6. The second-order valence-electron chi connectivity index (χ2n) is 15.6. The molecule has 0 fully saturated rings. The number of hydrogen-bond donors (Lipinski definition) is 0. The standard InChI is InChI=1S/C56H41N5.C2H6/c1-57-49(39-16-6-3-7-17-39)35-50(59-36-38-14-4-2-5-15-38)40-26-29-43(30-27-40)60-53-23-11-9-20-47(53)56-45(21-13-25-55(56)60)41-28-31-54-48(34-41)46-19-8-10-22-52(46)61(54)51-24-12-18-42-37-58-33-32-44(42)51;1-2/h3-4,6-35,37H,1-2,5,36H2;1-2H3/b49-35-,59-50?;. The molecule has 1 aliphatic rings. The molecule has 3 heterocycles. The summed E-state index contributed by atoms with van der Waals surface area (Å²) in [5.74, 6) is 0. The maximum atomic E-state index is 5.16. The van der Waals surface area contributed by atoms with E-state index >= 15 is 0 Å². The Morgan fingerprint density at radius 1 is 0.635 bits per heavy atom. The van der Waals surface area contributed by atoms with Crippen molar-refractivity contribution in [3.05, 3.63) is 217 Å². The molecule has 0 atom stereocenters.